The number of hydrogen-bond acceptors (Lipinski definition) is 4. The Morgan fingerprint density at radius 3 is 2.96 bits per heavy atom. The predicted octanol–water partition coefficient (Wildman–Crippen LogP) is 1.71. The van der Waals surface area contributed by atoms with E-state index in [4.69, 9.17) is 0 Å². The summed E-state index contributed by atoms with van der Waals surface area (Å²) in [6.45, 7) is 3.15. The van der Waals surface area contributed by atoms with E-state index in [9.17, 15) is 14.7 Å². The normalized spacial score (nSPS) is 29.9. The Balaban J connectivity index is 1.42. The number of carbonyl (C=O) groups is 2. The number of aromatic amines is 1. The van der Waals surface area contributed by atoms with Crippen molar-refractivity contribution in [3.63, 3.8) is 0 Å². The highest BCUT2D eigenvalue weighted by Crippen LogP contribution is 2.41. The number of H-pyrrole nitrogens is 1. The average Bonchev–Trinajstić information content (AvgIpc) is 3.07. The Morgan fingerprint density at radius 2 is 2.14 bits per heavy atom. The Labute approximate surface area is 163 Å². The first-order valence-electron chi connectivity index (χ1n) is 10.2. The zero-order chi connectivity index (χ0) is 19.4. The van der Waals surface area contributed by atoms with Crippen molar-refractivity contribution in [2.24, 2.45) is 11.8 Å². The standard InChI is InChI=1S/C21H26N4O3/c1-12-22-16-6-5-13(8-17(16)23-12)21(28)24-9-14-7-15(10-24)19(11-26)25-18(14)3-2-4-20(25)27/h5-6,8,14-15,18-19,26H,2-4,7,9-11H2,1H3,(H,22,23)/t14-,15+,18+,19+/m1/s1. The molecule has 1 aromatic heterocycles. The number of aryl methyl sites for hydroxylation is 1. The largest absolute Gasteiger partial charge is 0.394 e. The average molecular weight is 382 g/mol. The second-order valence-electron chi connectivity index (χ2n) is 8.53. The molecule has 3 fully saturated rings. The number of aliphatic hydroxyl groups excluding tert-OH is 1. The van der Waals surface area contributed by atoms with E-state index in [0.29, 0.717) is 31.0 Å². The fourth-order valence-electron chi connectivity index (χ4n) is 5.63. The summed E-state index contributed by atoms with van der Waals surface area (Å²) in [5, 5.41) is 10.0. The Morgan fingerprint density at radius 1 is 1.32 bits per heavy atom. The highest BCUT2D eigenvalue weighted by Gasteiger charge is 2.49. The van der Waals surface area contributed by atoms with Gasteiger partial charge in [-0.25, -0.2) is 4.98 Å². The maximum absolute atomic E-state index is 13.2. The summed E-state index contributed by atoms with van der Waals surface area (Å²) < 4.78 is 0. The fourth-order valence-corrected chi connectivity index (χ4v) is 5.63. The molecule has 7 heteroatoms. The summed E-state index contributed by atoms with van der Waals surface area (Å²) in [5.74, 6) is 1.47. The number of fused-ring (bicyclic) bond motifs is 5. The van der Waals surface area contributed by atoms with Crippen molar-refractivity contribution in [1.29, 1.82) is 0 Å². The lowest BCUT2D eigenvalue weighted by molar-refractivity contribution is -0.154. The minimum atomic E-state index is -0.164. The van der Waals surface area contributed by atoms with Crippen LogP contribution in [0.1, 0.15) is 41.9 Å². The van der Waals surface area contributed by atoms with Gasteiger partial charge in [0.2, 0.25) is 5.91 Å². The predicted molar refractivity (Wildman–Crippen MR) is 104 cm³/mol. The van der Waals surface area contributed by atoms with Crippen molar-refractivity contribution in [3.05, 3.63) is 29.6 Å². The molecule has 0 saturated carbocycles. The van der Waals surface area contributed by atoms with Gasteiger partial charge in [0.15, 0.2) is 0 Å². The summed E-state index contributed by atoms with van der Waals surface area (Å²) in [6, 6.07) is 5.59. The molecule has 2 bridgehead atoms. The van der Waals surface area contributed by atoms with Gasteiger partial charge in [0.05, 0.1) is 23.7 Å². The number of piperidine rings is 3. The number of rotatable bonds is 2. The first-order chi connectivity index (χ1) is 13.5. The number of hydrogen-bond donors (Lipinski definition) is 2. The highest BCUT2D eigenvalue weighted by atomic mass is 16.3. The molecule has 5 rings (SSSR count). The summed E-state index contributed by atoms with van der Waals surface area (Å²) in [6.07, 6.45) is 3.45. The molecule has 2 N–H and O–H groups in total. The maximum atomic E-state index is 13.2. The third kappa shape index (κ3) is 2.71. The molecule has 3 saturated heterocycles. The summed E-state index contributed by atoms with van der Waals surface area (Å²) in [5.41, 5.74) is 2.40. The molecule has 0 radical (unpaired) electrons. The quantitative estimate of drug-likeness (QED) is 0.827. The van der Waals surface area contributed by atoms with Crippen LogP contribution in [-0.2, 0) is 4.79 Å². The Kier molecular flexibility index (Phi) is 4.16. The van der Waals surface area contributed by atoms with Crippen molar-refractivity contribution in [2.75, 3.05) is 19.7 Å². The van der Waals surface area contributed by atoms with Crippen LogP contribution in [0.3, 0.4) is 0 Å². The number of aliphatic hydroxyl groups is 1. The lowest BCUT2D eigenvalue weighted by Gasteiger charge is -2.56. The van der Waals surface area contributed by atoms with Crippen LogP contribution in [0.25, 0.3) is 11.0 Å². The van der Waals surface area contributed by atoms with Crippen LogP contribution in [0.4, 0.5) is 0 Å². The van der Waals surface area contributed by atoms with Crippen LogP contribution in [0.15, 0.2) is 18.2 Å². The highest BCUT2D eigenvalue weighted by molar-refractivity contribution is 5.97. The third-order valence-electron chi connectivity index (χ3n) is 6.82. The number of likely N-dealkylation sites (tertiary alicyclic amines) is 1. The molecule has 4 heterocycles. The number of benzene rings is 1. The molecule has 0 unspecified atom stereocenters. The molecular weight excluding hydrogens is 356 g/mol. The number of carbonyl (C=O) groups excluding carboxylic acids is 2. The molecule has 3 aliphatic rings. The maximum Gasteiger partial charge on any atom is 0.253 e. The first-order valence-corrected chi connectivity index (χ1v) is 10.2. The lowest BCUT2D eigenvalue weighted by Crippen LogP contribution is -2.66. The zero-order valence-corrected chi connectivity index (χ0v) is 16.1. The minimum absolute atomic E-state index is 0.0242. The second kappa shape index (κ2) is 6.58. The van der Waals surface area contributed by atoms with Gasteiger partial charge in [-0.1, -0.05) is 0 Å². The first kappa shape index (κ1) is 17.7. The Bertz CT molecular complexity index is 925. The van der Waals surface area contributed by atoms with E-state index in [0.717, 1.165) is 36.1 Å². The van der Waals surface area contributed by atoms with Gasteiger partial charge in [-0.15, -0.1) is 0 Å². The fraction of sp³-hybridized carbons (Fsp3) is 0.571. The number of nitrogens with one attached hydrogen (secondary N) is 1. The number of imidazole rings is 1. The van der Waals surface area contributed by atoms with Gasteiger partial charge >= 0.3 is 0 Å². The topological polar surface area (TPSA) is 89.5 Å². The summed E-state index contributed by atoms with van der Waals surface area (Å²) in [4.78, 5) is 37.3. The third-order valence-corrected chi connectivity index (χ3v) is 6.82. The van der Waals surface area contributed by atoms with Gasteiger partial charge in [0.1, 0.15) is 5.82 Å². The Hall–Kier alpha value is -2.41. The van der Waals surface area contributed by atoms with E-state index < -0.39 is 0 Å². The molecule has 0 spiro atoms. The number of nitrogens with zero attached hydrogens (tertiary/aromatic N) is 3. The molecule has 148 valence electrons. The molecule has 4 atom stereocenters. The molecular formula is C21H26N4O3. The molecule has 2 amide bonds. The smallest absolute Gasteiger partial charge is 0.253 e. The van der Waals surface area contributed by atoms with Gasteiger partial charge in [-0.3, -0.25) is 9.59 Å². The molecule has 3 aliphatic heterocycles. The van der Waals surface area contributed by atoms with Crippen molar-refractivity contribution in [2.45, 2.75) is 44.7 Å². The molecule has 7 nitrogen and oxygen atoms in total. The van der Waals surface area contributed by atoms with Crippen molar-refractivity contribution >= 4 is 22.8 Å². The summed E-state index contributed by atoms with van der Waals surface area (Å²) in [7, 11) is 0. The van der Waals surface area contributed by atoms with Crippen molar-refractivity contribution in [3.8, 4) is 0 Å². The van der Waals surface area contributed by atoms with E-state index in [-0.39, 0.29) is 36.4 Å². The SMILES string of the molecule is Cc1nc2ccc(C(=O)N3C[C@H]4C[C@@H](C3)[C@H](CO)N3C(=O)CCC[C@@H]43)cc2[nH]1. The monoisotopic (exact) mass is 382 g/mol. The van der Waals surface area contributed by atoms with Gasteiger partial charge in [0, 0.05) is 31.1 Å². The van der Waals surface area contributed by atoms with E-state index in [1.807, 2.05) is 34.9 Å². The second-order valence-corrected chi connectivity index (χ2v) is 8.53. The van der Waals surface area contributed by atoms with E-state index in [1.165, 1.54) is 0 Å². The van der Waals surface area contributed by atoms with E-state index in [2.05, 4.69) is 9.97 Å². The van der Waals surface area contributed by atoms with Crippen LogP contribution in [0.2, 0.25) is 0 Å². The van der Waals surface area contributed by atoms with Gasteiger partial charge in [-0.2, -0.15) is 0 Å². The number of amides is 2. The van der Waals surface area contributed by atoms with E-state index >= 15 is 0 Å². The molecule has 0 aliphatic carbocycles. The molecule has 28 heavy (non-hydrogen) atoms. The van der Waals surface area contributed by atoms with Crippen LogP contribution in [0.5, 0.6) is 0 Å². The van der Waals surface area contributed by atoms with Gasteiger partial charge in [-0.05, 0) is 56.2 Å². The lowest BCUT2D eigenvalue weighted by atomic mass is 9.72. The molecule has 2 aromatic rings. The van der Waals surface area contributed by atoms with Crippen molar-refractivity contribution in [1.82, 2.24) is 19.8 Å². The van der Waals surface area contributed by atoms with Crippen molar-refractivity contribution < 1.29 is 14.7 Å². The van der Waals surface area contributed by atoms with Crippen LogP contribution in [0, 0.1) is 18.8 Å². The van der Waals surface area contributed by atoms with Crippen LogP contribution in [-0.4, -0.2) is 68.5 Å². The molecule has 1 aromatic carbocycles. The summed E-state index contributed by atoms with van der Waals surface area (Å²) >= 11 is 0. The number of aromatic nitrogens is 2. The van der Waals surface area contributed by atoms with Gasteiger partial charge in [0.25, 0.3) is 5.91 Å². The van der Waals surface area contributed by atoms with Crippen LogP contribution >= 0.6 is 0 Å². The van der Waals surface area contributed by atoms with Crippen LogP contribution < -0.4 is 0 Å². The minimum Gasteiger partial charge on any atom is -0.394 e. The zero-order valence-electron chi connectivity index (χ0n) is 16.1. The van der Waals surface area contributed by atoms with E-state index in [1.54, 1.807) is 0 Å². The van der Waals surface area contributed by atoms with Gasteiger partial charge < -0.3 is 19.9 Å².